The van der Waals surface area contributed by atoms with Crippen LogP contribution in [0.15, 0.2) is 18.2 Å². The van der Waals surface area contributed by atoms with Gasteiger partial charge in [-0.1, -0.05) is 6.07 Å². The van der Waals surface area contributed by atoms with Gasteiger partial charge in [-0.05, 0) is 56.4 Å². The summed E-state index contributed by atoms with van der Waals surface area (Å²) in [5, 5.41) is 9.31. The van der Waals surface area contributed by atoms with Gasteiger partial charge in [0.15, 0.2) is 6.04 Å². The SMILES string of the molecule is Cc1ccc(N2C(=O)C[C@@H]([NH+]3CCCC[C@@H]3CCO)C2=O)cc1C. The van der Waals surface area contributed by atoms with Crippen molar-refractivity contribution in [2.24, 2.45) is 0 Å². The molecule has 1 aromatic carbocycles. The van der Waals surface area contributed by atoms with Crippen molar-refractivity contribution in [3.8, 4) is 0 Å². The highest BCUT2D eigenvalue weighted by Gasteiger charge is 2.48. The number of piperidine rings is 1. The molecule has 0 bridgehead atoms. The number of aliphatic hydroxyl groups is 1. The molecular weight excluding hydrogens is 304 g/mol. The molecule has 0 saturated carbocycles. The minimum atomic E-state index is -0.295. The van der Waals surface area contributed by atoms with Crippen LogP contribution in [0.4, 0.5) is 5.69 Å². The van der Waals surface area contributed by atoms with Crippen LogP contribution in [0.5, 0.6) is 0 Å². The Morgan fingerprint density at radius 2 is 2.00 bits per heavy atom. The minimum absolute atomic E-state index is 0.0805. The summed E-state index contributed by atoms with van der Waals surface area (Å²) < 4.78 is 0. The van der Waals surface area contributed by atoms with Crippen molar-refractivity contribution in [1.82, 2.24) is 0 Å². The molecule has 1 unspecified atom stereocenters. The van der Waals surface area contributed by atoms with Gasteiger partial charge < -0.3 is 10.0 Å². The van der Waals surface area contributed by atoms with Gasteiger partial charge in [-0.15, -0.1) is 0 Å². The van der Waals surface area contributed by atoms with E-state index in [0.717, 1.165) is 36.9 Å². The summed E-state index contributed by atoms with van der Waals surface area (Å²) in [5.41, 5.74) is 2.92. The highest BCUT2D eigenvalue weighted by atomic mass is 16.3. The maximum Gasteiger partial charge on any atom is 0.292 e. The maximum absolute atomic E-state index is 13.0. The number of carbonyl (C=O) groups excluding carboxylic acids is 2. The van der Waals surface area contributed by atoms with Crippen LogP contribution in [-0.4, -0.2) is 42.2 Å². The van der Waals surface area contributed by atoms with Crippen LogP contribution in [-0.2, 0) is 9.59 Å². The van der Waals surface area contributed by atoms with Gasteiger partial charge in [0.25, 0.3) is 5.91 Å². The van der Waals surface area contributed by atoms with Crippen molar-refractivity contribution in [2.75, 3.05) is 18.1 Å². The van der Waals surface area contributed by atoms with Gasteiger partial charge in [0, 0.05) is 13.0 Å². The van der Waals surface area contributed by atoms with E-state index >= 15 is 0 Å². The summed E-state index contributed by atoms with van der Waals surface area (Å²) in [6.45, 7) is 5.07. The molecule has 130 valence electrons. The molecule has 0 aromatic heterocycles. The Morgan fingerprint density at radius 1 is 1.21 bits per heavy atom. The number of aryl methyl sites for hydroxylation is 2. The summed E-state index contributed by atoms with van der Waals surface area (Å²) in [6, 6.07) is 5.73. The van der Waals surface area contributed by atoms with Crippen LogP contribution in [0.25, 0.3) is 0 Å². The van der Waals surface area contributed by atoms with Crippen LogP contribution in [0, 0.1) is 13.8 Å². The molecule has 0 radical (unpaired) electrons. The number of rotatable bonds is 4. The topological polar surface area (TPSA) is 62.1 Å². The number of hydrogen-bond donors (Lipinski definition) is 2. The molecule has 0 spiro atoms. The zero-order valence-corrected chi connectivity index (χ0v) is 14.5. The molecule has 0 aliphatic carbocycles. The van der Waals surface area contributed by atoms with Crippen LogP contribution < -0.4 is 9.80 Å². The minimum Gasteiger partial charge on any atom is -0.396 e. The van der Waals surface area contributed by atoms with Gasteiger partial charge in [-0.2, -0.15) is 0 Å². The van der Waals surface area contributed by atoms with E-state index in [0.29, 0.717) is 12.1 Å². The molecule has 5 heteroatoms. The fourth-order valence-corrected chi connectivity index (χ4v) is 4.11. The molecule has 2 fully saturated rings. The monoisotopic (exact) mass is 331 g/mol. The van der Waals surface area contributed by atoms with Crippen molar-refractivity contribution in [3.05, 3.63) is 29.3 Å². The predicted octanol–water partition coefficient (Wildman–Crippen LogP) is 0.755. The third kappa shape index (κ3) is 3.10. The van der Waals surface area contributed by atoms with Gasteiger partial charge in [-0.25, -0.2) is 4.90 Å². The number of nitrogens with zero attached hydrogens (tertiary/aromatic N) is 1. The van der Waals surface area contributed by atoms with E-state index in [9.17, 15) is 14.7 Å². The number of aliphatic hydroxyl groups excluding tert-OH is 1. The standard InChI is InChI=1S/C19H26N2O3/c1-13-6-7-16(11-14(13)2)21-18(23)12-17(19(21)24)20-9-4-3-5-15(20)8-10-22/h6-7,11,15,17,22H,3-5,8-10,12H2,1-2H3/p+1/t15-,17-/m1/s1. The summed E-state index contributed by atoms with van der Waals surface area (Å²) in [6.07, 6.45) is 4.24. The van der Waals surface area contributed by atoms with Gasteiger partial charge in [0.05, 0.1) is 24.7 Å². The van der Waals surface area contributed by atoms with Crippen LogP contribution in [0.2, 0.25) is 0 Å². The largest absolute Gasteiger partial charge is 0.396 e. The zero-order valence-electron chi connectivity index (χ0n) is 14.5. The first kappa shape index (κ1) is 17.1. The Morgan fingerprint density at radius 3 is 2.71 bits per heavy atom. The van der Waals surface area contributed by atoms with Crippen LogP contribution in [0.3, 0.4) is 0 Å². The third-order valence-corrected chi connectivity index (χ3v) is 5.61. The lowest BCUT2D eigenvalue weighted by Crippen LogP contribution is -3.20. The van der Waals surface area contributed by atoms with Gasteiger partial charge in [0.1, 0.15) is 0 Å². The molecule has 5 nitrogen and oxygen atoms in total. The highest BCUT2D eigenvalue weighted by molar-refractivity contribution is 6.21. The van der Waals surface area contributed by atoms with Crippen molar-refractivity contribution in [3.63, 3.8) is 0 Å². The molecule has 2 N–H and O–H groups in total. The number of amides is 2. The molecule has 2 amide bonds. The lowest BCUT2D eigenvalue weighted by Gasteiger charge is -2.35. The first-order valence-corrected chi connectivity index (χ1v) is 8.93. The third-order valence-electron chi connectivity index (χ3n) is 5.61. The van der Waals surface area contributed by atoms with Gasteiger partial charge in [0.2, 0.25) is 5.91 Å². The molecule has 3 atom stereocenters. The van der Waals surface area contributed by atoms with Crippen LogP contribution in [0.1, 0.15) is 43.2 Å². The number of carbonyl (C=O) groups is 2. The maximum atomic E-state index is 13.0. The van der Waals surface area contributed by atoms with E-state index < -0.39 is 0 Å². The van der Waals surface area contributed by atoms with E-state index in [4.69, 9.17) is 0 Å². The van der Waals surface area contributed by atoms with Crippen molar-refractivity contribution in [1.29, 1.82) is 0 Å². The van der Waals surface area contributed by atoms with E-state index in [1.54, 1.807) is 0 Å². The quantitative estimate of drug-likeness (QED) is 0.801. The second-order valence-corrected chi connectivity index (χ2v) is 7.12. The second-order valence-electron chi connectivity index (χ2n) is 7.12. The lowest BCUT2D eigenvalue weighted by atomic mass is 9.97. The zero-order chi connectivity index (χ0) is 17.3. The molecule has 2 aliphatic heterocycles. The number of benzene rings is 1. The summed E-state index contributed by atoms with van der Waals surface area (Å²) >= 11 is 0. The first-order chi connectivity index (χ1) is 11.5. The van der Waals surface area contributed by atoms with Crippen molar-refractivity contribution in [2.45, 2.75) is 58.0 Å². The predicted molar refractivity (Wildman–Crippen MR) is 92.0 cm³/mol. The average Bonchev–Trinajstić information content (AvgIpc) is 2.86. The molecule has 2 heterocycles. The number of hydrogen-bond acceptors (Lipinski definition) is 3. The molecule has 1 aromatic rings. The number of quaternary nitrogens is 1. The van der Waals surface area contributed by atoms with E-state index in [1.165, 1.54) is 9.80 Å². The molecule has 3 rings (SSSR count). The summed E-state index contributed by atoms with van der Waals surface area (Å²) in [5.74, 6) is -0.183. The first-order valence-electron chi connectivity index (χ1n) is 8.93. The Labute approximate surface area is 143 Å². The summed E-state index contributed by atoms with van der Waals surface area (Å²) in [4.78, 5) is 28.1. The van der Waals surface area contributed by atoms with Gasteiger partial charge in [-0.3, -0.25) is 9.59 Å². The fraction of sp³-hybridized carbons (Fsp3) is 0.579. The molecule has 2 aliphatic rings. The Kier molecular flexibility index (Phi) is 5.01. The fourth-order valence-electron chi connectivity index (χ4n) is 4.11. The second kappa shape index (κ2) is 7.03. The molecular formula is C19H27N2O3+. The Hall–Kier alpha value is -1.72. The summed E-state index contributed by atoms with van der Waals surface area (Å²) in [7, 11) is 0. The number of nitrogens with one attached hydrogen (secondary N) is 1. The molecule has 2 saturated heterocycles. The smallest absolute Gasteiger partial charge is 0.292 e. The lowest BCUT2D eigenvalue weighted by molar-refractivity contribution is -0.945. The highest BCUT2D eigenvalue weighted by Crippen LogP contribution is 2.25. The van der Waals surface area contributed by atoms with Gasteiger partial charge >= 0.3 is 0 Å². The Bertz CT molecular complexity index is 641. The van der Waals surface area contributed by atoms with E-state index in [1.807, 2.05) is 32.0 Å². The molecule has 24 heavy (non-hydrogen) atoms. The van der Waals surface area contributed by atoms with Crippen molar-refractivity contribution < 1.29 is 19.6 Å². The normalized spacial score (nSPS) is 27.8. The average molecular weight is 331 g/mol. The number of imide groups is 1. The Balaban J connectivity index is 1.84. The van der Waals surface area contributed by atoms with Crippen molar-refractivity contribution >= 4 is 17.5 Å². The number of anilines is 1. The van der Waals surface area contributed by atoms with E-state index in [2.05, 4.69) is 0 Å². The van der Waals surface area contributed by atoms with Crippen LogP contribution >= 0.6 is 0 Å². The van der Waals surface area contributed by atoms with E-state index in [-0.39, 0.29) is 36.9 Å². The number of likely N-dealkylation sites (tertiary alicyclic amines) is 1.